The van der Waals surface area contributed by atoms with E-state index in [1.807, 2.05) is 11.9 Å². The first-order chi connectivity index (χ1) is 7.20. The van der Waals surface area contributed by atoms with Gasteiger partial charge >= 0.3 is 0 Å². The van der Waals surface area contributed by atoms with Gasteiger partial charge in [-0.1, -0.05) is 11.6 Å². The molecule has 0 atom stereocenters. The molecule has 0 aliphatic carbocycles. The number of rotatable bonds is 5. The van der Waals surface area contributed by atoms with Crippen molar-refractivity contribution in [3.63, 3.8) is 0 Å². The molecule has 0 radical (unpaired) electrons. The average molecular weight is 248 g/mol. The van der Waals surface area contributed by atoms with Gasteiger partial charge in [0, 0.05) is 19.3 Å². The summed E-state index contributed by atoms with van der Waals surface area (Å²) in [7, 11) is 3.52. The number of anilines is 1. The largest absolute Gasteiger partial charge is 0.490 e. The molecule has 0 aliphatic rings. The molecule has 6 heteroatoms. The highest BCUT2D eigenvalue weighted by Crippen LogP contribution is 2.30. The molecule has 84 valence electrons. The van der Waals surface area contributed by atoms with Crippen molar-refractivity contribution < 1.29 is 4.74 Å². The van der Waals surface area contributed by atoms with E-state index in [1.165, 1.54) is 6.33 Å². The van der Waals surface area contributed by atoms with Gasteiger partial charge in [0.25, 0.3) is 0 Å². The van der Waals surface area contributed by atoms with E-state index in [2.05, 4.69) is 16.2 Å². The van der Waals surface area contributed by atoms with Crippen LogP contribution in [0.4, 0.5) is 5.82 Å². The lowest BCUT2D eigenvalue weighted by Gasteiger charge is -2.19. The molecule has 0 aliphatic heterocycles. The van der Waals surface area contributed by atoms with E-state index >= 15 is 0 Å². The lowest BCUT2D eigenvalue weighted by atomic mass is 10.4. The Morgan fingerprint density at radius 2 is 2.27 bits per heavy atom. The number of thioether (sulfide) groups is 1. The van der Waals surface area contributed by atoms with Crippen LogP contribution in [0.3, 0.4) is 0 Å². The summed E-state index contributed by atoms with van der Waals surface area (Å²) >= 11 is 7.68. The average Bonchev–Trinajstić information content (AvgIpc) is 2.25. The number of methoxy groups -OCH3 is 1. The van der Waals surface area contributed by atoms with Crippen molar-refractivity contribution >= 4 is 29.2 Å². The van der Waals surface area contributed by atoms with Crippen molar-refractivity contribution in [1.82, 2.24) is 9.97 Å². The van der Waals surface area contributed by atoms with Crippen LogP contribution in [0.2, 0.25) is 5.15 Å². The lowest BCUT2D eigenvalue weighted by Crippen LogP contribution is -2.22. The molecule has 15 heavy (non-hydrogen) atoms. The summed E-state index contributed by atoms with van der Waals surface area (Å²) in [5.74, 6) is 2.29. The summed E-state index contributed by atoms with van der Waals surface area (Å²) in [5.41, 5.74) is 0. The molecule has 1 aromatic rings. The van der Waals surface area contributed by atoms with E-state index < -0.39 is 0 Å². The Hall–Kier alpha value is -0.680. The summed E-state index contributed by atoms with van der Waals surface area (Å²) in [6.07, 6.45) is 3.51. The Labute approximate surface area is 99.0 Å². The van der Waals surface area contributed by atoms with Crippen molar-refractivity contribution in [2.24, 2.45) is 0 Å². The molecule has 0 aromatic carbocycles. The summed E-state index contributed by atoms with van der Waals surface area (Å²) < 4.78 is 5.17. The van der Waals surface area contributed by atoms with E-state index in [4.69, 9.17) is 16.3 Å². The van der Waals surface area contributed by atoms with Gasteiger partial charge in [-0.2, -0.15) is 11.8 Å². The zero-order valence-electron chi connectivity index (χ0n) is 9.03. The molecule has 1 aromatic heterocycles. The lowest BCUT2D eigenvalue weighted by molar-refractivity contribution is 0.411. The summed E-state index contributed by atoms with van der Waals surface area (Å²) in [4.78, 5) is 10.0. The van der Waals surface area contributed by atoms with Crippen LogP contribution in [0.15, 0.2) is 6.33 Å². The van der Waals surface area contributed by atoms with Crippen LogP contribution < -0.4 is 9.64 Å². The SMILES string of the molecule is COc1c(Cl)ncnc1N(C)CCSC. The van der Waals surface area contributed by atoms with Crippen molar-refractivity contribution in [3.8, 4) is 5.75 Å². The Morgan fingerprint density at radius 1 is 1.53 bits per heavy atom. The second kappa shape index (κ2) is 6.02. The summed E-state index contributed by atoms with van der Waals surface area (Å²) in [5, 5.41) is 0.346. The molecule has 1 heterocycles. The fraction of sp³-hybridized carbons (Fsp3) is 0.556. The maximum Gasteiger partial charge on any atom is 0.199 e. The Balaban J connectivity index is 2.87. The van der Waals surface area contributed by atoms with Crippen molar-refractivity contribution in [1.29, 1.82) is 0 Å². The van der Waals surface area contributed by atoms with E-state index in [9.17, 15) is 0 Å². The zero-order valence-corrected chi connectivity index (χ0v) is 10.6. The van der Waals surface area contributed by atoms with E-state index in [0.29, 0.717) is 10.9 Å². The molecule has 0 saturated carbocycles. The van der Waals surface area contributed by atoms with Gasteiger partial charge in [0.2, 0.25) is 0 Å². The van der Waals surface area contributed by atoms with Crippen molar-refractivity contribution in [3.05, 3.63) is 11.5 Å². The molecule has 0 spiro atoms. The molecule has 0 unspecified atom stereocenters. The molecule has 0 N–H and O–H groups in total. The Kier molecular flexibility index (Phi) is 4.98. The van der Waals surface area contributed by atoms with Crippen LogP contribution in [-0.4, -0.2) is 42.7 Å². The Bertz CT molecular complexity index is 324. The van der Waals surface area contributed by atoms with E-state index in [1.54, 1.807) is 18.9 Å². The standard InChI is InChI=1S/C9H14ClN3OS/c1-13(4-5-15-3)9-7(14-2)8(10)11-6-12-9/h6H,4-5H2,1-3H3. The molecule has 0 fully saturated rings. The van der Waals surface area contributed by atoms with Crippen LogP contribution in [0.25, 0.3) is 0 Å². The fourth-order valence-corrected chi connectivity index (χ4v) is 1.79. The third-order valence-electron chi connectivity index (χ3n) is 1.94. The molecular formula is C9H14ClN3OS. The normalized spacial score (nSPS) is 10.1. The minimum Gasteiger partial charge on any atom is -0.490 e. The third kappa shape index (κ3) is 3.14. The number of halogens is 1. The van der Waals surface area contributed by atoms with Crippen molar-refractivity contribution in [2.75, 3.05) is 37.6 Å². The van der Waals surface area contributed by atoms with Gasteiger partial charge in [0.1, 0.15) is 6.33 Å². The molecular weight excluding hydrogens is 234 g/mol. The second-order valence-corrected chi connectivity index (χ2v) is 4.28. The van der Waals surface area contributed by atoms with Crippen LogP contribution in [0.5, 0.6) is 5.75 Å². The number of nitrogens with zero attached hydrogens (tertiary/aromatic N) is 3. The van der Waals surface area contributed by atoms with E-state index in [-0.39, 0.29) is 0 Å². The first-order valence-corrected chi connectivity index (χ1v) is 6.22. The van der Waals surface area contributed by atoms with Gasteiger partial charge < -0.3 is 9.64 Å². The molecule has 1 rings (SSSR count). The van der Waals surface area contributed by atoms with Crippen LogP contribution in [0.1, 0.15) is 0 Å². The van der Waals surface area contributed by atoms with Gasteiger partial charge in [-0.25, -0.2) is 9.97 Å². The third-order valence-corrected chi connectivity index (χ3v) is 2.80. The van der Waals surface area contributed by atoms with Crippen LogP contribution in [0, 0.1) is 0 Å². The highest BCUT2D eigenvalue weighted by atomic mass is 35.5. The predicted molar refractivity (Wildman–Crippen MR) is 65.2 cm³/mol. The van der Waals surface area contributed by atoms with Gasteiger partial charge in [0.05, 0.1) is 7.11 Å². The minimum absolute atomic E-state index is 0.346. The van der Waals surface area contributed by atoms with Crippen molar-refractivity contribution in [2.45, 2.75) is 0 Å². The fourth-order valence-electron chi connectivity index (χ4n) is 1.13. The van der Waals surface area contributed by atoms with Gasteiger partial charge in [-0.05, 0) is 6.26 Å². The number of ether oxygens (including phenoxy) is 1. The van der Waals surface area contributed by atoms with E-state index in [0.717, 1.165) is 18.1 Å². The first-order valence-electron chi connectivity index (χ1n) is 4.45. The van der Waals surface area contributed by atoms with Gasteiger partial charge in [-0.3, -0.25) is 0 Å². The molecule has 0 saturated heterocycles. The Morgan fingerprint density at radius 3 is 2.87 bits per heavy atom. The molecule has 0 bridgehead atoms. The van der Waals surface area contributed by atoms with Gasteiger partial charge in [-0.15, -0.1) is 0 Å². The predicted octanol–water partition coefficient (Wildman–Crippen LogP) is 1.94. The monoisotopic (exact) mass is 247 g/mol. The number of aromatic nitrogens is 2. The molecule has 0 amide bonds. The zero-order chi connectivity index (χ0) is 11.3. The van der Waals surface area contributed by atoms with Crippen LogP contribution >= 0.6 is 23.4 Å². The van der Waals surface area contributed by atoms with Gasteiger partial charge in [0.15, 0.2) is 16.7 Å². The first kappa shape index (κ1) is 12.4. The minimum atomic E-state index is 0.346. The quantitative estimate of drug-likeness (QED) is 0.744. The highest BCUT2D eigenvalue weighted by molar-refractivity contribution is 7.98. The second-order valence-electron chi connectivity index (χ2n) is 2.94. The highest BCUT2D eigenvalue weighted by Gasteiger charge is 2.13. The maximum atomic E-state index is 5.90. The maximum absolute atomic E-state index is 5.90. The smallest absolute Gasteiger partial charge is 0.199 e. The topological polar surface area (TPSA) is 38.3 Å². The number of hydrogen-bond donors (Lipinski definition) is 0. The summed E-state index contributed by atoms with van der Waals surface area (Å²) in [6.45, 7) is 0.894. The summed E-state index contributed by atoms with van der Waals surface area (Å²) in [6, 6.07) is 0. The van der Waals surface area contributed by atoms with Crippen LogP contribution in [-0.2, 0) is 0 Å². The number of hydrogen-bond acceptors (Lipinski definition) is 5. The molecule has 4 nitrogen and oxygen atoms in total.